The van der Waals surface area contributed by atoms with E-state index < -0.39 is 25.3 Å². The predicted octanol–water partition coefficient (Wildman–Crippen LogP) is 8.47. The normalized spacial score (nSPS) is 14.8. The van der Waals surface area contributed by atoms with Crippen LogP contribution in [0.2, 0.25) is 0 Å². The molecule has 3 rings (SSSR count). The van der Waals surface area contributed by atoms with Crippen molar-refractivity contribution in [2.45, 2.75) is 128 Å². The van der Waals surface area contributed by atoms with Gasteiger partial charge in [0, 0.05) is 12.8 Å². The van der Waals surface area contributed by atoms with E-state index in [4.69, 9.17) is 24.3 Å². The third-order valence-corrected chi connectivity index (χ3v) is 9.80. The van der Waals surface area contributed by atoms with Crippen molar-refractivity contribution in [2.24, 2.45) is 0 Å². The zero-order valence-corrected chi connectivity index (χ0v) is 30.3. The number of hydrogen-bond donors (Lipinski definition) is 2. The molecule has 2 heterocycles. The fourth-order valence-corrected chi connectivity index (χ4v) is 6.56. The van der Waals surface area contributed by atoms with Crippen molar-refractivity contribution in [2.75, 3.05) is 26.1 Å². The van der Waals surface area contributed by atoms with Gasteiger partial charge in [0.1, 0.15) is 17.7 Å². The molecule has 11 nitrogen and oxygen atoms in total. The summed E-state index contributed by atoms with van der Waals surface area (Å²) < 4.78 is 51.2. The molecule has 272 valence electrons. The number of aromatic nitrogens is 3. The van der Waals surface area contributed by atoms with Crippen LogP contribution in [0, 0.1) is 17.1 Å². The Labute approximate surface area is 290 Å². The van der Waals surface area contributed by atoms with Crippen LogP contribution in [0.5, 0.6) is 0 Å². The molecule has 0 bridgehead atoms. The summed E-state index contributed by atoms with van der Waals surface area (Å²) in [7, 11) is -2.96. The van der Waals surface area contributed by atoms with Gasteiger partial charge in [0.25, 0.3) is 0 Å². The average molecular weight is 704 g/mol. The topological polar surface area (TPSA) is 154 Å². The van der Waals surface area contributed by atoms with E-state index in [-0.39, 0.29) is 25.4 Å². The maximum atomic E-state index is 14.0. The molecule has 13 heteroatoms. The van der Waals surface area contributed by atoms with Crippen molar-refractivity contribution in [1.29, 1.82) is 5.26 Å². The van der Waals surface area contributed by atoms with Crippen LogP contribution < -0.4 is 5.73 Å². The molecule has 0 fully saturated rings. The first-order valence-electron chi connectivity index (χ1n) is 17.6. The van der Waals surface area contributed by atoms with Crippen molar-refractivity contribution >= 4 is 19.2 Å². The summed E-state index contributed by atoms with van der Waals surface area (Å²) in [5.41, 5.74) is 7.32. The lowest BCUT2D eigenvalue weighted by molar-refractivity contribution is -0.0495. The van der Waals surface area contributed by atoms with Gasteiger partial charge in [0.2, 0.25) is 0 Å². The van der Waals surface area contributed by atoms with Gasteiger partial charge in [-0.3, -0.25) is 9.05 Å². The number of nitrogens with two attached hydrogens (primary N) is 1. The number of nitrogen functional groups attached to an aromatic ring is 1. The Morgan fingerprint density at radius 1 is 1.04 bits per heavy atom. The van der Waals surface area contributed by atoms with Gasteiger partial charge < -0.3 is 20.1 Å². The molecular weight excluding hydrogens is 648 g/mol. The van der Waals surface area contributed by atoms with Crippen molar-refractivity contribution in [3.05, 3.63) is 59.3 Å². The Hall–Kier alpha value is -2.91. The Morgan fingerprint density at radius 2 is 1.71 bits per heavy atom. The molecule has 0 spiro atoms. The summed E-state index contributed by atoms with van der Waals surface area (Å²) in [5, 5.41) is 13.5. The van der Waals surface area contributed by atoms with Crippen LogP contribution in [0.4, 0.5) is 10.2 Å². The molecule has 3 N–H and O–H groups in total. The maximum Gasteiger partial charge on any atom is 0.472 e. The highest BCUT2D eigenvalue weighted by molar-refractivity contribution is 7.47. The Balaban J connectivity index is 1.48. The minimum Gasteiger partial charge on any atom is -0.382 e. The van der Waals surface area contributed by atoms with E-state index in [0.717, 1.165) is 31.0 Å². The second-order valence-electron chi connectivity index (χ2n) is 13.0. The number of anilines is 1. The lowest BCUT2D eigenvalue weighted by Gasteiger charge is -2.29. The van der Waals surface area contributed by atoms with E-state index in [1.165, 1.54) is 77.3 Å². The number of rotatable bonds is 26. The second kappa shape index (κ2) is 21.3. The fraction of sp³-hybridized carbons (Fsp3) is 0.639. The van der Waals surface area contributed by atoms with E-state index in [1.54, 1.807) is 17.5 Å². The SMILES string of the molecule is CCCCCCCCCCCCCC[C@@H](COP(=O)(O)OC[C@](C)(CCc1ccc2c(N)ncnn12)OC)OCc1cc(F)cc(C#N)c1. The Kier molecular flexibility index (Phi) is 17.6. The first-order chi connectivity index (χ1) is 23.6. The van der Waals surface area contributed by atoms with E-state index in [0.29, 0.717) is 36.2 Å². The molecule has 0 radical (unpaired) electrons. The number of phosphoric ester groups is 1. The molecular formula is C36H55FN5O6P. The van der Waals surface area contributed by atoms with Crippen LogP contribution in [-0.4, -0.2) is 51.5 Å². The number of aryl methyl sites for hydroxylation is 1. The summed E-state index contributed by atoms with van der Waals surface area (Å²) in [6.45, 7) is 3.68. The van der Waals surface area contributed by atoms with E-state index in [2.05, 4.69) is 17.0 Å². The van der Waals surface area contributed by atoms with E-state index >= 15 is 0 Å². The zero-order chi connectivity index (χ0) is 35.5. The first kappa shape index (κ1) is 40.5. The monoisotopic (exact) mass is 703 g/mol. The number of halogens is 1. The van der Waals surface area contributed by atoms with Gasteiger partial charge in [0.15, 0.2) is 5.82 Å². The summed E-state index contributed by atoms with van der Waals surface area (Å²) in [5.74, 6) is -0.148. The molecule has 1 aromatic carbocycles. The Morgan fingerprint density at radius 3 is 2.37 bits per heavy atom. The summed E-state index contributed by atoms with van der Waals surface area (Å²) >= 11 is 0. The predicted molar refractivity (Wildman–Crippen MR) is 188 cm³/mol. The highest BCUT2D eigenvalue weighted by atomic mass is 31.2. The van der Waals surface area contributed by atoms with Crippen LogP contribution in [0.25, 0.3) is 5.52 Å². The number of benzene rings is 1. The number of ether oxygens (including phenoxy) is 2. The van der Waals surface area contributed by atoms with Crippen molar-refractivity contribution < 1.29 is 32.4 Å². The van der Waals surface area contributed by atoms with Gasteiger partial charge in [-0.25, -0.2) is 18.5 Å². The second-order valence-corrected chi connectivity index (χ2v) is 14.5. The highest BCUT2D eigenvalue weighted by Gasteiger charge is 2.31. The molecule has 2 aromatic heterocycles. The van der Waals surface area contributed by atoms with E-state index in [9.17, 15) is 19.1 Å². The number of phosphoric acid groups is 1. The molecule has 3 aromatic rings. The summed E-state index contributed by atoms with van der Waals surface area (Å²) in [6, 6.07) is 9.73. The molecule has 3 atom stereocenters. The number of nitriles is 1. The van der Waals surface area contributed by atoms with Crippen molar-refractivity contribution in [3.8, 4) is 6.07 Å². The highest BCUT2D eigenvalue weighted by Crippen LogP contribution is 2.45. The molecule has 1 unspecified atom stereocenters. The number of unbranched alkanes of at least 4 members (excludes halogenated alkanes) is 11. The maximum absolute atomic E-state index is 14.0. The van der Waals surface area contributed by atoms with Gasteiger partial charge in [0.05, 0.1) is 43.2 Å². The lowest BCUT2D eigenvalue weighted by Crippen LogP contribution is -2.34. The number of fused-ring (bicyclic) bond motifs is 1. The molecule has 0 saturated heterocycles. The molecule has 0 saturated carbocycles. The van der Waals surface area contributed by atoms with Crippen LogP contribution in [0.1, 0.15) is 121 Å². The molecule has 49 heavy (non-hydrogen) atoms. The molecule has 0 amide bonds. The number of methoxy groups -OCH3 is 1. The lowest BCUT2D eigenvalue weighted by atomic mass is 10.00. The van der Waals surface area contributed by atoms with Crippen LogP contribution >= 0.6 is 7.82 Å². The quantitative estimate of drug-likeness (QED) is 0.0615. The summed E-state index contributed by atoms with van der Waals surface area (Å²) in [6.07, 6.45) is 17.0. The largest absolute Gasteiger partial charge is 0.472 e. The molecule has 0 aliphatic carbocycles. The Bertz CT molecular complexity index is 1500. The third-order valence-electron chi connectivity index (χ3n) is 8.87. The minimum atomic E-state index is -4.48. The average Bonchev–Trinajstić information content (AvgIpc) is 3.52. The first-order valence-corrected chi connectivity index (χ1v) is 19.1. The standard InChI is InChI=1S/C36H55FN5O6P/c1-4-5-6-7-8-9-10-11-12-13-14-15-16-33(46-25-30-21-29(24-38)22-31(37)23-30)26-47-49(43,44)48-27-36(2,45-3)20-19-32-17-18-34-35(39)40-28-41-42(32)34/h17-18,21-23,28,33H,4-16,19-20,25-27H2,1-3H3,(H,43,44)(H2,39,40,41)/t33-,36-/m0/s1. The van der Waals surface area contributed by atoms with Gasteiger partial charge in [-0.1, -0.05) is 84.0 Å². The fourth-order valence-electron chi connectivity index (χ4n) is 5.69. The smallest absolute Gasteiger partial charge is 0.382 e. The van der Waals surface area contributed by atoms with Crippen molar-refractivity contribution in [3.63, 3.8) is 0 Å². The van der Waals surface area contributed by atoms with Crippen LogP contribution in [-0.2, 0) is 36.1 Å². The minimum absolute atomic E-state index is 0.0298. The number of hydrogen-bond acceptors (Lipinski definition) is 9. The summed E-state index contributed by atoms with van der Waals surface area (Å²) in [4.78, 5) is 14.6. The number of nitrogens with zero attached hydrogens (tertiary/aromatic N) is 4. The molecule has 0 aliphatic heterocycles. The van der Waals surface area contributed by atoms with Gasteiger partial charge in [-0.05, 0) is 62.1 Å². The van der Waals surface area contributed by atoms with Gasteiger partial charge in [-0.15, -0.1) is 0 Å². The molecule has 0 aliphatic rings. The van der Waals surface area contributed by atoms with Gasteiger partial charge in [-0.2, -0.15) is 10.4 Å². The van der Waals surface area contributed by atoms with Crippen LogP contribution in [0.3, 0.4) is 0 Å². The van der Waals surface area contributed by atoms with Crippen molar-refractivity contribution in [1.82, 2.24) is 14.6 Å². The zero-order valence-electron chi connectivity index (χ0n) is 29.4. The third kappa shape index (κ3) is 14.8. The van der Waals surface area contributed by atoms with Crippen LogP contribution in [0.15, 0.2) is 36.7 Å². The van der Waals surface area contributed by atoms with E-state index in [1.807, 2.05) is 18.2 Å². The van der Waals surface area contributed by atoms with Gasteiger partial charge >= 0.3 is 7.82 Å².